The minimum atomic E-state index is -1.25. The van der Waals surface area contributed by atoms with Gasteiger partial charge in [-0.15, -0.1) is 0 Å². The van der Waals surface area contributed by atoms with E-state index in [1.807, 2.05) is 0 Å². The lowest BCUT2D eigenvalue weighted by Crippen LogP contribution is -2.45. The lowest BCUT2D eigenvalue weighted by molar-refractivity contribution is -0.525. The first kappa shape index (κ1) is 29.1. The summed E-state index contributed by atoms with van der Waals surface area (Å²) in [5.74, 6) is -1.75. The van der Waals surface area contributed by atoms with E-state index in [9.17, 15) is 19.7 Å². The van der Waals surface area contributed by atoms with Gasteiger partial charge in [0.2, 0.25) is 0 Å². The Kier molecular flexibility index (Phi) is 11.0. The molecule has 0 aliphatic rings. The molecule has 0 heterocycles. The summed E-state index contributed by atoms with van der Waals surface area (Å²) < 4.78 is 10.4. The van der Waals surface area contributed by atoms with Crippen molar-refractivity contribution in [3.8, 4) is 5.75 Å². The van der Waals surface area contributed by atoms with Crippen molar-refractivity contribution in [1.29, 1.82) is 0 Å². The van der Waals surface area contributed by atoms with Gasteiger partial charge in [0, 0.05) is 6.54 Å². The molecular formula is C17H20Cl5N5O6. The van der Waals surface area contributed by atoms with Gasteiger partial charge >= 0.3 is 12.1 Å². The summed E-state index contributed by atoms with van der Waals surface area (Å²) in [6, 6.07) is -1.25. The lowest BCUT2D eigenvalue weighted by Gasteiger charge is -2.23. The second-order valence-corrected chi connectivity index (χ2v) is 9.19. The van der Waals surface area contributed by atoms with Crippen LogP contribution in [0.2, 0.25) is 25.1 Å². The van der Waals surface area contributed by atoms with E-state index >= 15 is 0 Å². The third kappa shape index (κ3) is 9.46. The quantitative estimate of drug-likeness (QED) is 0.0472. The van der Waals surface area contributed by atoms with Crippen LogP contribution in [-0.2, 0) is 9.53 Å². The predicted molar refractivity (Wildman–Crippen MR) is 126 cm³/mol. The van der Waals surface area contributed by atoms with Crippen LogP contribution in [0.5, 0.6) is 5.75 Å². The Hall–Kier alpha value is -1.92. The number of hydrogen-bond acceptors (Lipinski definition) is 7. The number of nitrogens with zero attached hydrogens (tertiary/aromatic N) is 2. The Morgan fingerprint density at radius 1 is 1.09 bits per heavy atom. The van der Waals surface area contributed by atoms with E-state index in [0.29, 0.717) is 0 Å². The zero-order valence-electron chi connectivity index (χ0n) is 17.5. The number of ether oxygens (including phenoxy) is 2. The average Bonchev–Trinajstić information content (AvgIpc) is 2.68. The highest BCUT2D eigenvalue weighted by atomic mass is 35.5. The summed E-state index contributed by atoms with van der Waals surface area (Å²) in [6.07, 6.45) is -0.747. The number of nitrogens with two attached hydrogens (primary N) is 1. The molecule has 4 N–H and O–H groups in total. The van der Waals surface area contributed by atoms with Gasteiger partial charge in [-0.1, -0.05) is 63.4 Å². The zero-order valence-corrected chi connectivity index (χ0v) is 21.3. The molecular weight excluding hydrogens is 547 g/mol. The molecule has 1 rings (SSSR count). The second kappa shape index (κ2) is 12.5. The van der Waals surface area contributed by atoms with Crippen LogP contribution in [0.25, 0.3) is 0 Å². The maximum absolute atomic E-state index is 12.8. The Morgan fingerprint density at radius 3 is 2.09 bits per heavy atom. The number of rotatable bonds is 8. The van der Waals surface area contributed by atoms with Gasteiger partial charge in [-0.3, -0.25) is 0 Å². The largest absolute Gasteiger partial charge is 0.444 e. The predicted octanol–water partition coefficient (Wildman–Crippen LogP) is 4.63. The maximum atomic E-state index is 12.8. The van der Waals surface area contributed by atoms with Gasteiger partial charge in [0.25, 0.3) is 5.96 Å². The van der Waals surface area contributed by atoms with Gasteiger partial charge in [-0.2, -0.15) is 0 Å². The molecule has 0 aromatic heterocycles. The van der Waals surface area contributed by atoms with Crippen LogP contribution < -0.4 is 21.2 Å². The summed E-state index contributed by atoms with van der Waals surface area (Å²) in [4.78, 5) is 39.1. The molecule has 11 nitrogen and oxygen atoms in total. The number of hydrogen-bond donors (Lipinski definition) is 3. The number of nitrogens with one attached hydrogen (secondary N) is 2. The molecule has 33 heavy (non-hydrogen) atoms. The molecule has 16 heteroatoms. The third-order valence-corrected chi connectivity index (χ3v) is 5.73. The SMILES string of the molecule is CC(C)(C)OC(=O)N[C@@H](CCCN=C(N)N[N+](=O)[O-])C(=O)Oc1c(Cl)c(Cl)c(Cl)c(Cl)c1Cl. The van der Waals surface area contributed by atoms with Crippen LogP contribution in [0.4, 0.5) is 4.79 Å². The van der Waals surface area contributed by atoms with E-state index in [0.717, 1.165) is 0 Å². The van der Waals surface area contributed by atoms with E-state index in [4.69, 9.17) is 73.2 Å². The van der Waals surface area contributed by atoms with Crippen molar-refractivity contribution >= 4 is 76.0 Å². The number of amides is 1. The number of carbonyl (C=O) groups is 2. The fourth-order valence-corrected chi connectivity index (χ4v) is 3.37. The summed E-state index contributed by atoms with van der Waals surface area (Å²) in [6.45, 7) is 4.90. The number of alkyl carbamates (subject to hydrolysis) is 1. The summed E-state index contributed by atoms with van der Waals surface area (Å²) in [5.41, 5.74) is 6.17. The highest BCUT2D eigenvalue weighted by molar-refractivity contribution is 6.55. The van der Waals surface area contributed by atoms with Gasteiger partial charge < -0.3 is 20.5 Å². The molecule has 0 spiro atoms. The molecule has 1 atom stereocenters. The van der Waals surface area contributed by atoms with Crippen molar-refractivity contribution < 1.29 is 24.1 Å². The average molecular weight is 568 g/mol. The van der Waals surface area contributed by atoms with Crippen molar-refractivity contribution in [3.63, 3.8) is 0 Å². The standard InChI is InChI=1S/C17H20Cl5N5O6/c1-17(2,3)33-16(29)25-7(5-4-6-24-15(23)26-27(30)31)14(28)32-13-11(21)9(19)8(18)10(20)12(13)22/h7H,4-6H2,1-3H3,(H,25,29)(H3,23,24,26)/t7-/m0/s1. The maximum Gasteiger partial charge on any atom is 0.408 e. The second-order valence-electron chi connectivity index (χ2n) is 7.30. The number of carbonyl (C=O) groups excluding carboxylic acids is 2. The number of hydrazine groups is 1. The molecule has 0 aliphatic heterocycles. The van der Waals surface area contributed by atoms with E-state index in [-0.39, 0.29) is 50.2 Å². The minimum absolute atomic E-state index is 0.00738. The molecule has 0 fully saturated rings. The molecule has 184 valence electrons. The van der Waals surface area contributed by atoms with Crippen LogP contribution in [0.3, 0.4) is 0 Å². The van der Waals surface area contributed by atoms with Gasteiger partial charge in [-0.25, -0.2) is 24.7 Å². The highest BCUT2D eigenvalue weighted by Crippen LogP contribution is 2.48. The van der Waals surface area contributed by atoms with Crippen LogP contribution in [-0.4, -0.2) is 41.2 Å². The third-order valence-electron chi connectivity index (χ3n) is 3.49. The number of halogens is 5. The van der Waals surface area contributed by atoms with E-state index in [1.54, 1.807) is 26.2 Å². The van der Waals surface area contributed by atoms with Crippen LogP contribution in [0, 0.1) is 10.1 Å². The number of benzene rings is 1. The molecule has 0 saturated heterocycles. The fourth-order valence-electron chi connectivity index (χ4n) is 2.17. The molecule has 1 amide bonds. The van der Waals surface area contributed by atoms with Crippen molar-refractivity contribution in [3.05, 3.63) is 35.2 Å². The first-order valence-corrected chi connectivity index (χ1v) is 11.0. The monoisotopic (exact) mass is 565 g/mol. The van der Waals surface area contributed by atoms with Crippen molar-refractivity contribution in [2.75, 3.05) is 6.54 Å². The number of nitro groups is 1. The van der Waals surface area contributed by atoms with Crippen molar-refractivity contribution in [2.45, 2.75) is 45.3 Å². The Bertz CT molecular complexity index is 924. The van der Waals surface area contributed by atoms with Crippen LogP contribution >= 0.6 is 58.0 Å². The molecule has 0 aliphatic carbocycles. The Labute approximate surface area is 213 Å². The van der Waals surface area contributed by atoms with Crippen LogP contribution in [0.15, 0.2) is 4.99 Å². The minimum Gasteiger partial charge on any atom is -0.444 e. The Morgan fingerprint density at radius 2 is 1.61 bits per heavy atom. The first-order chi connectivity index (χ1) is 15.1. The lowest BCUT2D eigenvalue weighted by atomic mass is 10.1. The number of aliphatic imine (C=N–C) groups is 1. The van der Waals surface area contributed by atoms with Gasteiger partial charge in [0.05, 0.1) is 15.1 Å². The normalized spacial score (nSPS) is 12.7. The van der Waals surface area contributed by atoms with E-state index in [1.165, 1.54) is 0 Å². The van der Waals surface area contributed by atoms with Crippen LogP contribution in [0.1, 0.15) is 33.6 Å². The zero-order chi connectivity index (χ0) is 25.5. The van der Waals surface area contributed by atoms with Gasteiger partial charge in [0.15, 0.2) is 10.8 Å². The summed E-state index contributed by atoms with van der Waals surface area (Å²) in [5, 5.41) is 10.8. The summed E-state index contributed by atoms with van der Waals surface area (Å²) in [7, 11) is 0. The molecule has 1 aromatic rings. The molecule has 1 aromatic carbocycles. The molecule has 0 bridgehead atoms. The van der Waals surface area contributed by atoms with Gasteiger partial charge in [-0.05, 0) is 33.6 Å². The van der Waals surface area contributed by atoms with Gasteiger partial charge in [0.1, 0.15) is 21.7 Å². The van der Waals surface area contributed by atoms with Crippen molar-refractivity contribution in [2.24, 2.45) is 10.7 Å². The van der Waals surface area contributed by atoms with E-state index in [2.05, 4.69) is 10.3 Å². The molecule has 0 saturated carbocycles. The number of esters is 1. The number of guanidine groups is 1. The topological polar surface area (TPSA) is 158 Å². The van der Waals surface area contributed by atoms with Crippen molar-refractivity contribution in [1.82, 2.24) is 10.7 Å². The summed E-state index contributed by atoms with van der Waals surface area (Å²) >= 11 is 30.0. The molecule has 0 unspecified atom stereocenters. The Balaban J connectivity index is 3.04. The highest BCUT2D eigenvalue weighted by Gasteiger charge is 2.29. The fraction of sp³-hybridized carbons (Fsp3) is 0.471. The molecule has 0 radical (unpaired) electrons. The first-order valence-electron chi connectivity index (χ1n) is 9.07. The van der Waals surface area contributed by atoms with E-state index < -0.39 is 34.7 Å². The smallest absolute Gasteiger partial charge is 0.408 e.